The molecule has 0 amide bonds. The molecule has 3 heteroatoms. The largest absolute Gasteiger partial charge is 0.298 e. The molecule has 1 aromatic rings. The van der Waals surface area contributed by atoms with Gasteiger partial charge in [-0.2, -0.15) is 0 Å². The summed E-state index contributed by atoms with van der Waals surface area (Å²) in [7, 11) is 0. The number of carbonyl (C=O) groups is 1. The molecule has 0 aromatic heterocycles. The maximum Gasteiger partial charge on any atom is 0.146 e. The normalized spacial score (nSPS) is 11.5. The summed E-state index contributed by atoms with van der Waals surface area (Å²) in [6.45, 7) is 1.78. The number of benzene rings is 1. The van der Waals surface area contributed by atoms with Gasteiger partial charge in [-0.3, -0.25) is 4.79 Å². The maximum atomic E-state index is 13.1. The minimum Gasteiger partial charge on any atom is -0.298 e. The molecule has 1 aromatic carbocycles. The van der Waals surface area contributed by atoms with Gasteiger partial charge in [0.1, 0.15) is 17.9 Å². The van der Waals surface area contributed by atoms with Crippen LogP contribution in [-0.4, -0.2) is 6.29 Å². The lowest BCUT2D eigenvalue weighted by atomic mass is 10.1. The number of allylic oxidation sites excluding steroid dienone is 1. The van der Waals surface area contributed by atoms with E-state index >= 15 is 0 Å². The Labute approximate surface area is 81.1 Å². The van der Waals surface area contributed by atoms with E-state index in [1.165, 1.54) is 6.08 Å². The highest BCUT2D eigenvalue weighted by atomic mass is 19.1. The van der Waals surface area contributed by atoms with Crippen molar-refractivity contribution in [1.82, 2.24) is 0 Å². The van der Waals surface area contributed by atoms with Gasteiger partial charge >= 0.3 is 0 Å². The monoisotopic (exact) mass is 196 g/mol. The summed E-state index contributed by atoms with van der Waals surface area (Å²) in [5.41, 5.74) is 0.545. The minimum atomic E-state index is -0.529. The first kappa shape index (κ1) is 10.6. The molecule has 0 saturated heterocycles. The average molecular weight is 196 g/mol. The Balaban J connectivity index is 3.12. The molecule has 0 aliphatic heterocycles. The van der Waals surface area contributed by atoms with Crippen molar-refractivity contribution in [2.45, 2.75) is 13.3 Å². The zero-order valence-corrected chi connectivity index (χ0v) is 7.76. The van der Waals surface area contributed by atoms with Crippen molar-refractivity contribution in [3.8, 4) is 0 Å². The van der Waals surface area contributed by atoms with E-state index in [2.05, 4.69) is 0 Å². The minimum absolute atomic E-state index is 0.106. The molecule has 0 N–H and O–H groups in total. The molecule has 0 atom stereocenters. The Bertz CT molecular complexity index is 370. The predicted molar refractivity (Wildman–Crippen MR) is 50.7 cm³/mol. The lowest BCUT2D eigenvalue weighted by molar-refractivity contribution is -0.104. The smallest absolute Gasteiger partial charge is 0.146 e. The van der Waals surface area contributed by atoms with Crippen LogP contribution in [0.1, 0.15) is 18.9 Å². The lowest BCUT2D eigenvalue weighted by Gasteiger charge is -1.98. The summed E-state index contributed by atoms with van der Waals surface area (Å²) in [6.07, 6.45) is 2.50. The Morgan fingerprint density at radius 2 is 2.14 bits per heavy atom. The first-order chi connectivity index (χ1) is 6.67. The SMILES string of the molecule is CCC(C=O)=Cc1cc(F)ccc1F. The summed E-state index contributed by atoms with van der Waals surface area (Å²) in [5, 5.41) is 0. The fraction of sp³-hybridized carbons (Fsp3) is 0.182. The van der Waals surface area contributed by atoms with Gasteiger partial charge in [-0.1, -0.05) is 6.92 Å². The van der Waals surface area contributed by atoms with Crippen LogP contribution in [0.15, 0.2) is 23.8 Å². The highest BCUT2D eigenvalue weighted by Crippen LogP contribution is 2.14. The van der Waals surface area contributed by atoms with Crippen LogP contribution >= 0.6 is 0 Å². The van der Waals surface area contributed by atoms with Crippen molar-refractivity contribution in [2.24, 2.45) is 0 Å². The lowest BCUT2D eigenvalue weighted by Crippen LogP contribution is -1.87. The standard InChI is InChI=1S/C11H10F2O/c1-2-8(7-14)5-9-6-10(12)3-4-11(9)13/h3-7H,2H2,1H3. The molecular formula is C11H10F2O. The van der Waals surface area contributed by atoms with Crippen LogP contribution < -0.4 is 0 Å². The van der Waals surface area contributed by atoms with Crippen LogP contribution in [0, 0.1) is 11.6 Å². The molecule has 0 fully saturated rings. The van der Waals surface area contributed by atoms with E-state index in [-0.39, 0.29) is 5.56 Å². The number of hydrogen-bond acceptors (Lipinski definition) is 1. The van der Waals surface area contributed by atoms with Crippen molar-refractivity contribution in [3.05, 3.63) is 41.0 Å². The van der Waals surface area contributed by atoms with Gasteiger partial charge in [-0.15, -0.1) is 0 Å². The first-order valence-corrected chi connectivity index (χ1v) is 4.28. The summed E-state index contributed by atoms with van der Waals surface area (Å²) < 4.78 is 25.8. The molecular weight excluding hydrogens is 186 g/mol. The topological polar surface area (TPSA) is 17.1 Å². The van der Waals surface area contributed by atoms with E-state index in [9.17, 15) is 13.6 Å². The Morgan fingerprint density at radius 1 is 1.43 bits per heavy atom. The third kappa shape index (κ3) is 2.49. The third-order valence-corrected chi connectivity index (χ3v) is 1.86. The van der Waals surface area contributed by atoms with Gasteiger partial charge in [0, 0.05) is 5.56 Å². The Hall–Kier alpha value is -1.51. The van der Waals surface area contributed by atoms with Gasteiger partial charge in [-0.25, -0.2) is 8.78 Å². The molecule has 0 spiro atoms. The molecule has 74 valence electrons. The molecule has 0 heterocycles. The van der Waals surface area contributed by atoms with E-state index in [1.54, 1.807) is 6.92 Å². The van der Waals surface area contributed by atoms with E-state index in [4.69, 9.17) is 0 Å². The van der Waals surface area contributed by atoms with Crippen molar-refractivity contribution < 1.29 is 13.6 Å². The van der Waals surface area contributed by atoms with Crippen LogP contribution in [0.2, 0.25) is 0 Å². The highest BCUT2D eigenvalue weighted by Gasteiger charge is 2.01. The molecule has 0 bridgehead atoms. The summed E-state index contributed by atoms with van der Waals surface area (Å²) >= 11 is 0. The zero-order valence-electron chi connectivity index (χ0n) is 7.76. The zero-order chi connectivity index (χ0) is 10.6. The fourth-order valence-electron chi connectivity index (χ4n) is 1.04. The van der Waals surface area contributed by atoms with Gasteiger partial charge in [0.05, 0.1) is 0 Å². The molecule has 0 aliphatic rings. The molecule has 0 unspecified atom stereocenters. The summed E-state index contributed by atoms with van der Waals surface area (Å²) in [4.78, 5) is 10.5. The van der Waals surface area contributed by atoms with Gasteiger partial charge in [0.25, 0.3) is 0 Å². The van der Waals surface area contributed by atoms with Crippen molar-refractivity contribution in [3.63, 3.8) is 0 Å². The second kappa shape index (κ2) is 4.65. The number of rotatable bonds is 3. The van der Waals surface area contributed by atoms with Gasteiger partial charge in [0.15, 0.2) is 0 Å². The highest BCUT2D eigenvalue weighted by molar-refractivity contribution is 5.81. The molecule has 0 radical (unpaired) electrons. The summed E-state index contributed by atoms with van der Waals surface area (Å²) in [5.74, 6) is -1.04. The van der Waals surface area contributed by atoms with E-state index in [1.807, 2.05) is 0 Å². The van der Waals surface area contributed by atoms with Crippen molar-refractivity contribution in [2.75, 3.05) is 0 Å². The molecule has 1 rings (SSSR count). The van der Waals surface area contributed by atoms with Gasteiger partial charge in [0.2, 0.25) is 0 Å². The Morgan fingerprint density at radius 3 is 2.71 bits per heavy atom. The maximum absolute atomic E-state index is 13.1. The van der Waals surface area contributed by atoms with Gasteiger partial charge in [-0.05, 0) is 36.3 Å². The Kier molecular flexibility index (Phi) is 3.51. The number of aldehydes is 1. The van der Waals surface area contributed by atoms with E-state index in [0.717, 1.165) is 18.2 Å². The van der Waals surface area contributed by atoms with Crippen LogP contribution in [-0.2, 0) is 4.79 Å². The van der Waals surface area contributed by atoms with E-state index in [0.29, 0.717) is 18.3 Å². The quantitative estimate of drug-likeness (QED) is 0.536. The molecule has 0 saturated carbocycles. The second-order valence-electron chi connectivity index (χ2n) is 2.86. The third-order valence-electron chi connectivity index (χ3n) is 1.86. The first-order valence-electron chi connectivity index (χ1n) is 4.28. The average Bonchev–Trinajstić information content (AvgIpc) is 2.19. The van der Waals surface area contributed by atoms with Crippen LogP contribution in [0.5, 0.6) is 0 Å². The van der Waals surface area contributed by atoms with E-state index < -0.39 is 11.6 Å². The van der Waals surface area contributed by atoms with Crippen LogP contribution in [0.25, 0.3) is 6.08 Å². The van der Waals surface area contributed by atoms with Crippen molar-refractivity contribution in [1.29, 1.82) is 0 Å². The fourth-order valence-corrected chi connectivity index (χ4v) is 1.04. The predicted octanol–water partition coefficient (Wildman–Crippen LogP) is 2.96. The molecule has 0 aliphatic carbocycles. The van der Waals surface area contributed by atoms with Gasteiger partial charge < -0.3 is 0 Å². The van der Waals surface area contributed by atoms with Crippen molar-refractivity contribution >= 4 is 12.4 Å². The van der Waals surface area contributed by atoms with Crippen LogP contribution in [0.4, 0.5) is 8.78 Å². The van der Waals surface area contributed by atoms with Crippen LogP contribution in [0.3, 0.4) is 0 Å². The second-order valence-corrected chi connectivity index (χ2v) is 2.86. The number of hydrogen-bond donors (Lipinski definition) is 0. The number of carbonyl (C=O) groups excluding carboxylic acids is 1. The molecule has 1 nitrogen and oxygen atoms in total. The molecule has 14 heavy (non-hydrogen) atoms. The number of halogens is 2. The summed E-state index contributed by atoms with van der Waals surface area (Å²) in [6, 6.07) is 3.15.